The number of sulfonamides is 1. The first kappa shape index (κ1) is 10.7. The van der Waals surface area contributed by atoms with Crippen LogP contribution < -0.4 is 4.72 Å². The van der Waals surface area contributed by atoms with E-state index in [1.54, 1.807) is 0 Å². The maximum atomic E-state index is 11.0. The van der Waals surface area contributed by atoms with E-state index < -0.39 is 10.0 Å². The fourth-order valence-electron chi connectivity index (χ4n) is 0.592. The zero-order valence-corrected chi connectivity index (χ0v) is 7.65. The van der Waals surface area contributed by atoms with Gasteiger partial charge in [-0.3, -0.25) is 0 Å². The second kappa shape index (κ2) is 5.32. The summed E-state index contributed by atoms with van der Waals surface area (Å²) in [6, 6.07) is 0. The number of hydrogen-bond donors (Lipinski definition) is 1. The van der Waals surface area contributed by atoms with Crippen molar-refractivity contribution in [2.75, 3.05) is 12.3 Å². The second-order valence-corrected chi connectivity index (χ2v) is 4.24. The largest absolute Gasteiger partial charge is 0.212 e. The third kappa shape index (κ3) is 6.06. The lowest BCUT2D eigenvalue weighted by molar-refractivity contribution is 0.582. The van der Waals surface area contributed by atoms with Crippen LogP contribution in [0.2, 0.25) is 0 Å². The van der Waals surface area contributed by atoms with Crippen molar-refractivity contribution in [1.29, 1.82) is 0 Å². The summed E-state index contributed by atoms with van der Waals surface area (Å²) in [6.07, 6.45) is 3.14. The van der Waals surface area contributed by atoms with E-state index in [-0.39, 0.29) is 5.75 Å². The molecule has 0 aromatic carbocycles. The number of unbranched alkanes of at least 4 members (excludes halogenated alkanes) is 1. The molecule has 0 heterocycles. The van der Waals surface area contributed by atoms with Gasteiger partial charge in [-0.05, 0) is 6.42 Å². The Morgan fingerprint density at radius 3 is 2.64 bits per heavy atom. The van der Waals surface area contributed by atoms with Gasteiger partial charge in [0.15, 0.2) is 0 Å². The van der Waals surface area contributed by atoms with Gasteiger partial charge in [0.1, 0.15) is 0 Å². The zero-order valence-electron chi connectivity index (χ0n) is 6.84. The molecule has 0 amide bonds. The van der Waals surface area contributed by atoms with Crippen LogP contribution in [-0.2, 0) is 10.0 Å². The van der Waals surface area contributed by atoms with E-state index in [9.17, 15) is 8.42 Å². The predicted molar refractivity (Wildman–Crippen MR) is 46.9 cm³/mol. The van der Waals surface area contributed by atoms with E-state index in [4.69, 9.17) is 0 Å². The van der Waals surface area contributed by atoms with E-state index in [0.29, 0.717) is 13.0 Å². The van der Waals surface area contributed by atoms with E-state index in [1.165, 1.54) is 6.08 Å². The molecule has 0 rings (SSSR count). The first-order valence-corrected chi connectivity index (χ1v) is 5.36. The lowest BCUT2D eigenvalue weighted by atomic mass is 10.4. The van der Waals surface area contributed by atoms with E-state index in [1.807, 2.05) is 6.92 Å². The molecule has 0 aliphatic carbocycles. The molecule has 0 spiro atoms. The van der Waals surface area contributed by atoms with Gasteiger partial charge >= 0.3 is 0 Å². The maximum Gasteiger partial charge on any atom is 0.211 e. The molecular weight excluding hydrogens is 162 g/mol. The molecule has 0 radical (unpaired) electrons. The van der Waals surface area contributed by atoms with Gasteiger partial charge in [-0.15, -0.1) is 6.58 Å². The average Bonchev–Trinajstić information content (AvgIpc) is 1.97. The fraction of sp³-hybridized carbons (Fsp3) is 0.714. The molecule has 0 atom stereocenters. The first-order chi connectivity index (χ1) is 5.12. The summed E-state index contributed by atoms with van der Waals surface area (Å²) in [5.41, 5.74) is 0. The van der Waals surface area contributed by atoms with E-state index in [2.05, 4.69) is 11.3 Å². The normalized spacial score (nSPS) is 11.4. The van der Waals surface area contributed by atoms with Gasteiger partial charge in [0.05, 0.1) is 5.75 Å². The standard InChI is InChI=1S/C7H15NO2S/c1-3-5-7-11(9,10)8-6-4-2/h4,8H,2-3,5-7H2,1H3. The molecule has 0 aromatic heterocycles. The highest BCUT2D eigenvalue weighted by Gasteiger charge is 2.05. The lowest BCUT2D eigenvalue weighted by Gasteiger charge is -2.01. The van der Waals surface area contributed by atoms with Gasteiger partial charge in [-0.25, -0.2) is 13.1 Å². The SMILES string of the molecule is C=CCNS(=O)(=O)CCCC. The van der Waals surface area contributed by atoms with Crippen molar-refractivity contribution in [3.63, 3.8) is 0 Å². The predicted octanol–water partition coefficient (Wildman–Crippen LogP) is 0.892. The molecule has 0 unspecified atom stereocenters. The first-order valence-electron chi connectivity index (χ1n) is 3.70. The Bertz CT molecular complexity index is 196. The second-order valence-electron chi connectivity index (χ2n) is 2.31. The third-order valence-corrected chi connectivity index (χ3v) is 2.65. The summed E-state index contributed by atoms with van der Waals surface area (Å²) in [7, 11) is -3.03. The molecule has 4 heteroatoms. The molecule has 1 N–H and O–H groups in total. The topological polar surface area (TPSA) is 46.2 Å². The molecule has 0 aliphatic heterocycles. The van der Waals surface area contributed by atoms with Crippen molar-refractivity contribution in [2.24, 2.45) is 0 Å². The van der Waals surface area contributed by atoms with E-state index in [0.717, 1.165) is 6.42 Å². The van der Waals surface area contributed by atoms with Crippen LogP contribution in [-0.4, -0.2) is 20.7 Å². The zero-order chi connectivity index (χ0) is 8.74. The van der Waals surface area contributed by atoms with Crippen molar-refractivity contribution in [1.82, 2.24) is 4.72 Å². The third-order valence-electron chi connectivity index (χ3n) is 1.21. The van der Waals surface area contributed by atoms with Crippen LogP contribution >= 0.6 is 0 Å². The Labute approximate surface area is 68.5 Å². The van der Waals surface area contributed by atoms with E-state index >= 15 is 0 Å². The highest BCUT2D eigenvalue weighted by Crippen LogP contribution is 1.92. The smallest absolute Gasteiger partial charge is 0.211 e. The average molecular weight is 177 g/mol. The minimum absolute atomic E-state index is 0.220. The molecular formula is C7H15NO2S. The molecule has 3 nitrogen and oxygen atoms in total. The van der Waals surface area contributed by atoms with Crippen LogP contribution in [0.3, 0.4) is 0 Å². The van der Waals surface area contributed by atoms with Crippen LogP contribution in [0.5, 0.6) is 0 Å². The summed E-state index contributed by atoms with van der Waals surface area (Å²) in [6.45, 7) is 5.70. The van der Waals surface area contributed by atoms with Gasteiger partial charge in [0.25, 0.3) is 0 Å². The number of nitrogens with one attached hydrogen (secondary N) is 1. The highest BCUT2D eigenvalue weighted by atomic mass is 32.2. The van der Waals surface area contributed by atoms with Crippen molar-refractivity contribution in [3.05, 3.63) is 12.7 Å². The molecule has 0 fully saturated rings. The Balaban J connectivity index is 3.71. The van der Waals surface area contributed by atoms with Crippen molar-refractivity contribution >= 4 is 10.0 Å². The molecule has 11 heavy (non-hydrogen) atoms. The van der Waals surface area contributed by atoms with Crippen molar-refractivity contribution in [3.8, 4) is 0 Å². The minimum Gasteiger partial charge on any atom is -0.212 e. The van der Waals surface area contributed by atoms with Gasteiger partial charge in [-0.2, -0.15) is 0 Å². The maximum absolute atomic E-state index is 11.0. The molecule has 0 saturated carbocycles. The number of hydrogen-bond acceptors (Lipinski definition) is 2. The van der Waals surface area contributed by atoms with Crippen molar-refractivity contribution < 1.29 is 8.42 Å². The summed E-state index contributed by atoms with van der Waals surface area (Å²) >= 11 is 0. The van der Waals surface area contributed by atoms with Gasteiger partial charge < -0.3 is 0 Å². The molecule has 0 aromatic rings. The fourth-order valence-corrected chi connectivity index (χ4v) is 1.78. The van der Waals surface area contributed by atoms with Crippen molar-refractivity contribution in [2.45, 2.75) is 19.8 Å². The van der Waals surface area contributed by atoms with Crippen LogP contribution in [0.1, 0.15) is 19.8 Å². The minimum atomic E-state index is -3.03. The van der Waals surface area contributed by atoms with Gasteiger partial charge in [0.2, 0.25) is 10.0 Å². The Kier molecular flexibility index (Phi) is 5.15. The summed E-state index contributed by atoms with van der Waals surface area (Å²) < 4.78 is 24.4. The van der Waals surface area contributed by atoms with Crippen LogP contribution in [0.15, 0.2) is 12.7 Å². The molecule has 0 bridgehead atoms. The van der Waals surface area contributed by atoms with Crippen LogP contribution in [0.4, 0.5) is 0 Å². The number of rotatable bonds is 6. The van der Waals surface area contributed by atoms with Gasteiger partial charge in [0, 0.05) is 6.54 Å². The summed E-state index contributed by atoms with van der Waals surface area (Å²) in [4.78, 5) is 0. The van der Waals surface area contributed by atoms with Crippen LogP contribution in [0, 0.1) is 0 Å². The summed E-state index contributed by atoms with van der Waals surface area (Å²) in [5, 5.41) is 0. The molecule has 0 saturated heterocycles. The molecule has 66 valence electrons. The highest BCUT2D eigenvalue weighted by molar-refractivity contribution is 7.89. The quantitative estimate of drug-likeness (QED) is 0.612. The Morgan fingerprint density at radius 1 is 1.55 bits per heavy atom. The van der Waals surface area contributed by atoms with Crippen LogP contribution in [0.25, 0.3) is 0 Å². The monoisotopic (exact) mass is 177 g/mol. The Hall–Kier alpha value is -0.350. The summed E-state index contributed by atoms with van der Waals surface area (Å²) in [5.74, 6) is 0.220. The lowest BCUT2D eigenvalue weighted by Crippen LogP contribution is -2.26. The van der Waals surface area contributed by atoms with Gasteiger partial charge in [-0.1, -0.05) is 19.4 Å². The molecule has 0 aliphatic rings. The Morgan fingerprint density at radius 2 is 2.18 bits per heavy atom.